The summed E-state index contributed by atoms with van der Waals surface area (Å²) < 4.78 is 0. The van der Waals surface area contributed by atoms with Crippen molar-refractivity contribution in [3.63, 3.8) is 0 Å². The molecule has 1 fully saturated rings. The van der Waals surface area contributed by atoms with Gasteiger partial charge in [0, 0.05) is 30.9 Å². The van der Waals surface area contributed by atoms with Gasteiger partial charge in [-0.25, -0.2) is 0 Å². The van der Waals surface area contributed by atoms with E-state index in [1.807, 2.05) is 49.1 Å². The standard InChI is InChI=1S/C22H27N5O2S/c1-13-14(2)25-26-21-18(13)19(23)20(30-21)22(29)27-11-10-16(12-27)24-17(28)9-8-15-6-4-3-5-7-15/h3-7,16,22,29H,8-12,23H2,1-2H3,(H,24,28). The molecule has 1 aliphatic rings. The molecule has 30 heavy (non-hydrogen) atoms. The molecule has 2 atom stereocenters. The largest absolute Gasteiger partial charge is 0.397 e. The van der Waals surface area contributed by atoms with Gasteiger partial charge in [-0.1, -0.05) is 30.3 Å². The number of nitrogen functional groups attached to an aromatic ring is 1. The predicted octanol–water partition coefficient (Wildman–Crippen LogP) is 2.70. The normalized spacial score (nSPS) is 18.0. The van der Waals surface area contributed by atoms with Crippen LogP contribution in [0.1, 0.15) is 40.8 Å². The van der Waals surface area contributed by atoms with Crippen LogP contribution < -0.4 is 11.1 Å². The number of aliphatic hydroxyl groups excluding tert-OH is 1. The molecular weight excluding hydrogens is 398 g/mol. The number of nitrogens with zero attached hydrogens (tertiary/aromatic N) is 3. The van der Waals surface area contributed by atoms with Crippen LogP contribution in [0.4, 0.5) is 5.69 Å². The van der Waals surface area contributed by atoms with Gasteiger partial charge in [0.05, 0.1) is 16.3 Å². The highest BCUT2D eigenvalue weighted by Crippen LogP contribution is 2.40. The van der Waals surface area contributed by atoms with Crippen LogP contribution in [0.25, 0.3) is 10.2 Å². The molecule has 1 saturated heterocycles. The number of nitrogens with two attached hydrogens (primary N) is 1. The summed E-state index contributed by atoms with van der Waals surface area (Å²) in [6.45, 7) is 5.17. The van der Waals surface area contributed by atoms with Gasteiger partial charge in [-0.15, -0.1) is 16.4 Å². The predicted molar refractivity (Wildman–Crippen MR) is 119 cm³/mol. The Bertz CT molecular complexity index is 1050. The third-order valence-electron chi connectivity index (χ3n) is 5.81. The van der Waals surface area contributed by atoms with Gasteiger partial charge in [0.15, 0.2) is 0 Å². The number of aromatic nitrogens is 2. The summed E-state index contributed by atoms with van der Waals surface area (Å²) in [5.74, 6) is 0.0444. The number of rotatable bonds is 6. The average molecular weight is 426 g/mol. The molecule has 0 aliphatic carbocycles. The van der Waals surface area contributed by atoms with E-state index in [0.717, 1.165) is 39.9 Å². The number of amides is 1. The Kier molecular flexibility index (Phi) is 5.99. The highest BCUT2D eigenvalue weighted by molar-refractivity contribution is 7.19. The lowest BCUT2D eigenvalue weighted by molar-refractivity contribution is -0.121. The van der Waals surface area contributed by atoms with Crippen molar-refractivity contribution in [3.05, 3.63) is 52.0 Å². The van der Waals surface area contributed by atoms with E-state index in [1.165, 1.54) is 11.3 Å². The van der Waals surface area contributed by atoms with E-state index >= 15 is 0 Å². The molecule has 3 heterocycles. The fourth-order valence-corrected chi connectivity index (χ4v) is 5.07. The smallest absolute Gasteiger partial charge is 0.220 e. The fraction of sp³-hybridized carbons (Fsp3) is 0.409. The number of hydrogen-bond donors (Lipinski definition) is 3. The van der Waals surface area contributed by atoms with Crippen molar-refractivity contribution < 1.29 is 9.90 Å². The Morgan fingerprint density at radius 2 is 2.10 bits per heavy atom. The number of nitrogens with one attached hydrogen (secondary N) is 1. The summed E-state index contributed by atoms with van der Waals surface area (Å²) >= 11 is 1.38. The Morgan fingerprint density at radius 3 is 2.87 bits per heavy atom. The molecule has 1 aromatic carbocycles. The molecule has 2 unspecified atom stereocenters. The van der Waals surface area contributed by atoms with E-state index in [-0.39, 0.29) is 11.9 Å². The van der Waals surface area contributed by atoms with E-state index in [0.29, 0.717) is 30.1 Å². The van der Waals surface area contributed by atoms with Crippen molar-refractivity contribution in [1.29, 1.82) is 0 Å². The number of aryl methyl sites for hydroxylation is 3. The number of fused-ring (bicyclic) bond motifs is 1. The molecule has 0 saturated carbocycles. The number of carbonyl (C=O) groups excluding carboxylic acids is 1. The van der Waals surface area contributed by atoms with E-state index in [9.17, 15) is 9.90 Å². The first-order valence-corrected chi connectivity index (χ1v) is 11.0. The lowest BCUT2D eigenvalue weighted by Gasteiger charge is -2.22. The van der Waals surface area contributed by atoms with Crippen LogP contribution in [-0.2, 0) is 11.2 Å². The van der Waals surface area contributed by atoms with Gasteiger partial charge in [0.1, 0.15) is 11.1 Å². The first-order chi connectivity index (χ1) is 14.4. The molecule has 4 rings (SSSR count). The molecule has 2 aromatic heterocycles. The van der Waals surface area contributed by atoms with Crippen LogP contribution in [0.15, 0.2) is 30.3 Å². The minimum atomic E-state index is -0.810. The monoisotopic (exact) mass is 425 g/mol. The summed E-state index contributed by atoms with van der Waals surface area (Å²) in [6.07, 6.45) is 1.18. The molecule has 0 spiro atoms. The quantitative estimate of drug-likeness (QED) is 0.561. The number of thiophene rings is 1. The second kappa shape index (κ2) is 8.67. The number of benzene rings is 1. The third-order valence-corrected chi connectivity index (χ3v) is 6.94. The van der Waals surface area contributed by atoms with Crippen LogP contribution in [0, 0.1) is 13.8 Å². The van der Waals surface area contributed by atoms with Crippen molar-refractivity contribution in [3.8, 4) is 0 Å². The van der Waals surface area contributed by atoms with Crippen LogP contribution in [0.3, 0.4) is 0 Å². The van der Waals surface area contributed by atoms with Crippen molar-refractivity contribution in [2.24, 2.45) is 0 Å². The SMILES string of the molecule is Cc1nnc2sc(C(O)N3CCC(NC(=O)CCc4ccccc4)C3)c(N)c2c1C. The molecule has 158 valence electrons. The van der Waals surface area contributed by atoms with Gasteiger partial charge in [-0.3, -0.25) is 9.69 Å². The van der Waals surface area contributed by atoms with Gasteiger partial charge in [0.2, 0.25) is 5.91 Å². The summed E-state index contributed by atoms with van der Waals surface area (Å²) in [4.78, 5) is 15.7. The molecule has 4 N–H and O–H groups in total. The van der Waals surface area contributed by atoms with Crippen molar-refractivity contribution >= 4 is 33.1 Å². The first kappa shape index (κ1) is 20.7. The maximum absolute atomic E-state index is 12.3. The number of aliphatic hydroxyl groups is 1. The molecule has 0 bridgehead atoms. The molecule has 1 amide bonds. The lowest BCUT2D eigenvalue weighted by Crippen LogP contribution is -2.37. The van der Waals surface area contributed by atoms with Gasteiger partial charge in [-0.2, -0.15) is 5.10 Å². The zero-order valence-electron chi connectivity index (χ0n) is 17.3. The molecule has 8 heteroatoms. The lowest BCUT2D eigenvalue weighted by atomic mass is 10.1. The highest BCUT2D eigenvalue weighted by Gasteiger charge is 2.31. The van der Waals surface area contributed by atoms with Gasteiger partial charge in [-0.05, 0) is 37.8 Å². The van der Waals surface area contributed by atoms with E-state index in [2.05, 4.69) is 15.5 Å². The van der Waals surface area contributed by atoms with Crippen LogP contribution in [0.2, 0.25) is 0 Å². The van der Waals surface area contributed by atoms with E-state index in [1.54, 1.807) is 0 Å². The maximum atomic E-state index is 12.3. The number of hydrogen-bond acceptors (Lipinski definition) is 7. The molecule has 0 radical (unpaired) electrons. The van der Waals surface area contributed by atoms with Crippen LogP contribution in [0.5, 0.6) is 0 Å². The molecule has 7 nitrogen and oxygen atoms in total. The summed E-state index contributed by atoms with van der Waals surface area (Å²) in [5, 5.41) is 23.3. The highest BCUT2D eigenvalue weighted by atomic mass is 32.1. The number of anilines is 1. The van der Waals surface area contributed by atoms with Gasteiger partial charge < -0.3 is 16.2 Å². The molecule has 1 aliphatic heterocycles. The second-order valence-corrected chi connectivity index (χ2v) is 8.91. The Morgan fingerprint density at radius 1 is 1.33 bits per heavy atom. The Balaban J connectivity index is 1.37. The number of carbonyl (C=O) groups is 1. The summed E-state index contributed by atoms with van der Waals surface area (Å²) in [7, 11) is 0. The Labute approximate surface area is 179 Å². The number of likely N-dealkylation sites (tertiary alicyclic amines) is 1. The van der Waals surface area contributed by atoms with Crippen molar-refractivity contribution in [2.75, 3.05) is 18.8 Å². The van der Waals surface area contributed by atoms with Crippen molar-refractivity contribution in [1.82, 2.24) is 20.4 Å². The minimum Gasteiger partial charge on any atom is -0.397 e. The first-order valence-electron chi connectivity index (χ1n) is 10.2. The van der Waals surface area contributed by atoms with E-state index in [4.69, 9.17) is 5.73 Å². The van der Waals surface area contributed by atoms with Crippen LogP contribution >= 0.6 is 11.3 Å². The maximum Gasteiger partial charge on any atom is 0.220 e. The molecular formula is C22H27N5O2S. The van der Waals surface area contributed by atoms with Gasteiger partial charge >= 0.3 is 0 Å². The summed E-state index contributed by atoms with van der Waals surface area (Å²) in [5.41, 5.74) is 9.95. The Hall–Kier alpha value is -2.55. The summed E-state index contributed by atoms with van der Waals surface area (Å²) in [6, 6.07) is 10.0. The fourth-order valence-electron chi connectivity index (χ4n) is 3.94. The van der Waals surface area contributed by atoms with E-state index < -0.39 is 6.23 Å². The van der Waals surface area contributed by atoms with Crippen molar-refractivity contribution in [2.45, 2.75) is 45.4 Å². The second-order valence-electron chi connectivity index (χ2n) is 7.88. The van der Waals surface area contributed by atoms with Crippen LogP contribution in [-0.4, -0.2) is 45.2 Å². The topological polar surface area (TPSA) is 104 Å². The minimum absolute atomic E-state index is 0.0299. The van der Waals surface area contributed by atoms with Gasteiger partial charge in [0.25, 0.3) is 0 Å². The third kappa shape index (κ3) is 4.16. The zero-order chi connectivity index (χ0) is 21.3. The average Bonchev–Trinajstić information content (AvgIpc) is 3.34. The molecule has 3 aromatic rings. The zero-order valence-corrected chi connectivity index (χ0v) is 18.1.